The number of pyridine rings is 1. The fourth-order valence-corrected chi connectivity index (χ4v) is 1.69. The van der Waals surface area contributed by atoms with Crippen molar-refractivity contribution in [3.8, 4) is 0 Å². The lowest BCUT2D eigenvalue weighted by Gasteiger charge is -2.13. The van der Waals surface area contributed by atoms with E-state index in [0.717, 1.165) is 0 Å². The van der Waals surface area contributed by atoms with E-state index in [-0.39, 0.29) is 11.1 Å². The number of carbonyl (C=O) groups is 1. The molecule has 1 atom stereocenters. The summed E-state index contributed by atoms with van der Waals surface area (Å²) in [6, 6.07) is 3.35. The minimum absolute atomic E-state index is 0.286. The number of rotatable bonds is 4. The Morgan fingerprint density at radius 2 is 2.39 bits per heavy atom. The van der Waals surface area contributed by atoms with E-state index >= 15 is 0 Å². The SMILES string of the molecule is CC(Cn1cccn1)OC(=O)c1ccncc1Cl. The van der Waals surface area contributed by atoms with Gasteiger partial charge in [0.05, 0.1) is 17.1 Å². The number of esters is 1. The van der Waals surface area contributed by atoms with Crippen LogP contribution in [0.25, 0.3) is 0 Å². The van der Waals surface area contributed by atoms with E-state index in [1.807, 2.05) is 12.3 Å². The molecule has 2 rings (SSSR count). The summed E-state index contributed by atoms with van der Waals surface area (Å²) in [4.78, 5) is 15.7. The first-order valence-electron chi connectivity index (χ1n) is 5.44. The highest BCUT2D eigenvalue weighted by Crippen LogP contribution is 2.15. The Kier molecular flexibility index (Phi) is 3.94. The van der Waals surface area contributed by atoms with Crippen LogP contribution in [0, 0.1) is 0 Å². The molecular weight excluding hydrogens is 254 g/mol. The van der Waals surface area contributed by atoms with Crippen LogP contribution in [0.1, 0.15) is 17.3 Å². The number of nitrogens with zero attached hydrogens (tertiary/aromatic N) is 3. The topological polar surface area (TPSA) is 57.0 Å². The lowest BCUT2D eigenvalue weighted by Crippen LogP contribution is -2.21. The first kappa shape index (κ1) is 12.6. The molecule has 0 amide bonds. The van der Waals surface area contributed by atoms with E-state index in [1.54, 1.807) is 17.8 Å². The Hall–Kier alpha value is -1.88. The molecule has 18 heavy (non-hydrogen) atoms. The molecule has 0 aliphatic heterocycles. The van der Waals surface area contributed by atoms with Crippen LogP contribution in [0.2, 0.25) is 5.02 Å². The molecule has 0 fully saturated rings. The highest BCUT2D eigenvalue weighted by molar-refractivity contribution is 6.33. The van der Waals surface area contributed by atoms with Gasteiger partial charge in [-0.15, -0.1) is 0 Å². The van der Waals surface area contributed by atoms with Gasteiger partial charge in [0.15, 0.2) is 0 Å². The molecule has 0 aliphatic carbocycles. The summed E-state index contributed by atoms with van der Waals surface area (Å²) < 4.78 is 6.98. The van der Waals surface area contributed by atoms with Crippen molar-refractivity contribution in [2.75, 3.05) is 0 Å². The van der Waals surface area contributed by atoms with Gasteiger partial charge in [0, 0.05) is 24.8 Å². The second-order valence-corrected chi connectivity index (χ2v) is 4.21. The highest BCUT2D eigenvalue weighted by atomic mass is 35.5. The zero-order valence-corrected chi connectivity index (χ0v) is 10.5. The first-order chi connectivity index (χ1) is 8.66. The molecule has 0 spiro atoms. The van der Waals surface area contributed by atoms with E-state index in [4.69, 9.17) is 16.3 Å². The molecular formula is C12H12ClN3O2. The van der Waals surface area contributed by atoms with Gasteiger partial charge in [-0.3, -0.25) is 9.67 Å². The van der Waals surface area contributed by atoms with Crippen LogP contribution in [0.4, 0.5) is 0 Å². The Morgan fingerprint density at radius 1 is 1.56 bits per heavy atom. The van der Waals surface area contributed by atoms with Crippen molar-refractivity contribution < 1.29 is 9.53 Å². The molecule has 0 aromatic carbocycles. The zero-order chi connectivity index (χ0) is 13.0. The van der Waals surface area contributed by atoms with Crippen LogP contribution in [-0.4, -0.2) is 26.8 Å². The first-order valence-corrected chi connectivity index (χ1v) is 5.82. The van der Waals surface area contributed by atoms with Gasteiger partial charge in [-0.2, -0.15) is 5.10 Å². The van der Waals surface area contributed by atoms with Gasteiger partial charge in [-0.25, -0.2) is 4.79 Å². The predicted octanol–water partition coefficient (Wildman–Crippen LogP) is 2.18. The Morgan fingerprint density at radius 3 is 3.06 bits per heavy atom. The average molecular weight is 266 g/mol. The molecule has 2 heterocycles. The summed E-state index contributed by atoms with van der Waals surface area (Å²) in [5.74, 6) is -0.456. The number of aromatic nitrogens is 3. The van der Waals surface area contributed by atoms with Gasteiger partial charge in [-0.05, 0) is 19.1 Å². The molecule has 94 valence electrons. The van der Waals surface area contributed by atoms with E-state index in [2.05, 4.69) is 10.1 Å². The smallest absolute Gasteiger partial charge is 0.340 e. The Balaban J connectivity index is 1.97. The monoisotopic (exact) mass is 265 g/mol. The van der Waals surface area contributed by atoms with Gasteiger partial charge in [-0.1, -0.05) is 11.6 Å². The number of hydrogen-bond acceptors (Lipinski definition) is 4. The fourth-order valence-electron chi connectivity index (χ4n) is 1.50. The van der Waals surface area contributed by atoms with Gasteiger partial charge in [0.2, 0.25) is 0 Å². The Bertz CT molecular complexity index is 528. The molecule has 0 saturated carbocycles. The van der Waals surface area contributed by atoms with Gasteiger partial charge in [0.1, 0.15) is 6.10 Å². The largest absolute Gasteiger partial charge is 0.457 e. The summed E-state index contributed by atoms with van der Waals surface area (Å²) >= 11 is 5.86. The van der Waals surface area contributed by atoms with Gasteiger partial charge < -0.3 is 4.74 Å². The second kappa shape index (κ2) is 5.64. The van der Waals surface area contributed by atoms with Gasteiger partial charge >= 0.3 is 5.97 Å². The molecule has 5 nitrogen and oxygen atoms in total. The van der Waals surface area contributed by atoms with Crippen molar-refractivity contribution in [3.63, 3.8) is 0 Å². The minimum atomic E-state index is -0.456. The molecule has 0 radical (unpaired) electrons. The van der Waals surface area contributed by atoms with Crippen LogP contribution < -0.4 is 0 Å². The van der Waals surface area contributed by atoms with E-state index in [1.165, 1.54) is 18.5 Å². The van der Waals surface area contributed by atoms with Crippen molar-refractivity contribution in [1.29, 1.82) is 0 Å². The van der Waals surface area contributed by atoms with Crippen molar-refractivity contribution >= 4 is 17.6 Å². The predicted molar refractivity (Wildman–Crippen MR) is 66.4 cm³/mol. The number of halogens is 1. The standard InChI is InChI=1S/C12H12ClN3O2/c1-9(8-16-6-2-4-15-16)18-12(17)10-3-5-14-7-11(10)13/h2-7,9H,8H2,1H3. The average Bonchev–Trinajstić information content (AvgIpc) is 2.82. The van der Waals surface area contributed by atoms with Crippen molar-refractivity contribution in [3.05, 3.63) is 47.5 Å². The van der Waals surface area contributed by atoms with E-state index in [0.29, 0.717) is 12.1 Å². The Labute approximate surface area is 109 Å². The third-order valence-corrected chi connectivity index (χ3v) is 2.61. The molecule has 6 heteroatoms. The summed E-state index contributed by atoms with van der Waals surface area (Å²) in [6.07, 6.45) is 6.11. The normalized spacial score (nSPS) is 12.1. The maximum atomic E-state index is 11.8. The number of hydrogen-bond donors (Lipinski definition) is 0. The lowest BCUT2D eigenvalue weighted by atomic mass is 10.3. The van der Waals surface area contributed by atoms with Crippen molar-refractivity contribution in [1.82, 2.24) is 14.8 Å². The minimum Gasteiger partial charge on any atom is -0.457 e. The van der Waals surface area contributed by atoms with Crippen LogP contribution >= 0.6 is 11.6 Å². The van der Waals surface area contributed by atoms with Crippen LogP contribution in [-0.2, 0) is 11.3 Å². The maximum absolute atomic E-state index is 11.8. The van der Waals surface area contributed by atoms with Crippen molar-refractivity contribution in [2.24, 2.45) is 0 Å². The summed E-state index contributed by atoms with van der Waals surface area (Å²) in [6.45, 7) is 2.30. The van der Waals surface area contributed by atoms with E-state index in [9.17, 15) is 4.79 Å². The van der Waals surface area contributed by atoms with Crippen molar-refractivity contribution in [2.45, 2.75) is 19.6 Å². The molecule has 0 saturated heterocycles. The number of carbonyl (C=O) groups excluding carboxylic acids is 1. The second-order valence-electron chi connectivity index (χ2n) is 3.80. The molecule has 2 aromatic rings. The summed E-state index contributed by atoms with van der Waals surface area (Å²) in [5, 5.41) is 4.33. The van der Waals surface area contributed by atoms with E-state index < -0.39 is 5.97 Å². The third kappa shape index (κ3) is 3.07. The number of ether oxygens (including phenoxy) is 1. The summed E-state index contributed by atoms with van der Waals surface area (Å²) in [5.41, 5.74) is 0.319. The summed E-state index contributed by atoms with van der Waals surface area (Å²) in [7, 11) is 0. The van der Waals surface area contributed by atoms with Gasteiger partial charge in [0.25, 0.3) is 0 Å². The highest BCUT2D eigenvalue weighted by Gasteiger charge is 2.15. The molecule has 1 unspecified atom stereocenters. The van der Waals surface area contributed by atoms with Crippen LogP contribution in [0.5, 0.6) is 0 Å². The maximum Gasteiger partial charge on any atom is 0.340 e. The zero-order valence-electron chi connectivity index (χ0n) is 9.78. The van der Waals surface area contributed by atoms with Crippen LogP contribution in [0.15, 0.2) is 36.9 Å². The molecule has 0 bridgehead atoms. The quantitative estimate of drug-likeness (QED) is 0.795. The molecule has 2 aromatic heterocycles. The van der Waals surface area contributed by atoms with Crippen LogP contribution in [0.3, 0.4) is 0 Å². The molecule has 0 N–H and O–H groups in total. The third-order valence-electron chi connectivity index (χ3n) is 2.30. The lowest BCUT2D eigenvalue weighted by molar-refractivity contribution is 0.0299. The fraction of sp³-hybridized carbons (Fsp3) is 0.250. The molecule has 0 aliphatic rings.